The zero-order valence-corrected chi connectivity index (χ0v) is 12.6. The highest BCUT2D eigenvalue weighted by molar-refractivity contribution is 6.12. The van der Waals surface area contributed by atoms with Gasteiger partial charge in [0.25, 0.3) is 0 Å². The second-order valence-electron chi connectivity index (χ2n) is 4.79. The fourth-order valence-electron chi connectivity index (χ4n) is 2.31. The molecule has 8 nitrogen and oxygen atoms in total. The number of cyclic esters (lactones) is 2. The molecular formula is C16H10O8. The van der Waals surface area contributed by atoms with Crippen LogP contribution in [0.4, 0.5) is 0 Å². The number of hydrogen-bond acceptors (Lipinski definition) is 8. The second kappa shape index (κ2) is 5.65. The molecular weight excluding hydrogens is 320 g/mol. The summed E-state index contributed by atoms with van der Waals surface area (Å²) in [6.45, 7) is 0. The maximum Gasteiger partial charge on any atom is 0.344 e. The van der Waals surface area contributed by atoms with Crippen molar-refractivity contribution in [2.24, 2.45) is 0 Å². The first kappa shape index (κ1) is 15.5. The number of ether oxygens (including phenoxy) is 4. The quantitative estimate of drug-likeness (QED) is 0.450. The van der Waals surface area contributed by atoms with E-state index in [4.69, 9.17) is 9.47 Å². The summed E-state index contributed by atoms with van der Waals surface area (Å²) in [5.74, 6) is -2.86. The number of carbonyl (C=O) groups is 4. The van der Waals surface area contributed by atoms with Crippen molar-refractivity contribution < 1.29 is 38.1 Å². The fraction of sp³-hybridized carbons (Fsp3) is 0.125. The van der Waals surface area contributed by atoms with Gasteiger partial charge in [0.1, 0.15) is 11.5 Å². The molecule has 24 heavy (non-hydrogen) atoms. The van der Waals surface area contributed by atoms with Crippen LogP contribution < -0.4 is 0 Å². The first-order chi connectivity index (χ1) is 11.4. The van der Waals surface area contributed by atoms with Gasteiger partial charge >= 0.3 is 23.9 Å². The smallest absolute Gasteiger partial charge is 0.344 e. The maximum absolute atomic E-state index is 12.0. The molecule has 3 rings (SSSR count). The van der Waals surface area contributed by atoms with Crippen molar-refractivity contribution in [2.45, 2.75) is 0 Å². The van der Waals surface area contributed by atoms with Crippen molar-refractivity contribution in [3.63, 3.8) is 0 Å². The lowest BCUT2D eigenvalue weighted by atomic mass is 9.98. The molecule has 1 aromatic rings. The third kappa shape index (κ3) is 2.43. The summed E-state index contributed by atoms with van der Waals surface area (Å²) in [6.07, 6.45) is 2.00. The van der Waals surface area contributed by atoms with Gasteiger partial charge in [-0.15, -0.1) is 0 Å². The van der Waals surface area contributed by atoms with Crippen molar-refractivity contribution in [3.8, 4) is 0 Å². The van der Waals surface area contributed by atoms with Gasteiger partial charge in [-0.05, 0) is 12.1 Å². The lowest BCUT2D eigenvalue weighted by Crippen LogP contribution is -1.98. The Morgan fingerprint density at radius 3 is 1.50 bits per heavy atom. The first-order valence-electron chi connectivity index (χ1n) is 6.67. The molecule has 8 heteroatoms. The Bertz CT molecular complexity index is 787. The van der Waals surface area contributed by atoms with Gasteiger partial charge in [-0.1, -0.05) is 0 Å². The normalized spacial score (nSPS) is 18.1. The molecule has 2 aliphatic heterocycles. The van der Waals surface area contributed by atoms with Crippen molar-refractivity contribution in [2.75, 3.05) is 14.2 Å². The predicted octanol–water partition coefficient (Wildman–Crippen LogP) is 1.06. The van der Waals surface area contributed by atoms with Gasteiger partial charge in [-0.3, -0.25) is 0 Å². The molecule has 0 fully saturated rings. The molecule has 1 aromatic carbocycles. The second-order valence-corrected chi connectivity index (χ2v) is 4.79. The number of rotatable bonds is 2. The topological polar surface area (TPSA) is 105 Å². The van der Waals surface area contributed by atoms with Gasteiger partial charge in [0.2, 0.25) is 0 Å². The van der Waals surface area contributed by atoms with E-state index in [1.807, 2.05) is 0 Å². The minimum atomic E-state index is -0.708. The van der Waals surface area contributed by atoms with Crippen LogP contribution in [-0.4, -0.2) is 38.1 Å². The molecule has 0 saturated carbocycles. The maximum atomic E-state index is 12.0. The minimum absolute atomic E-state index is 0.0251. The summed E-state index contributed by atoms with van der Waals surface area (Å²) in [7, 11) is 2.36. The first-order valence-corrected chi connectivity index (χ1v) is 6.67. The Kier molecular flexibility index (Phi) is 3.64. The number of esters is 4. The zero-order chi connectivity index (χ0) is 17.4. The Morgan fingerprint density at radius 2 is 1.17 bits per heavy atom. The fourth-order valence-corrected chi connectivity index (χ4v) is 2.31. The van der Waals surface area contributed by atoms with Gasteiger partial charge in [0.05, 0.1) is 37.5 Å². The molecule has 0 aliphatic carbocycles. The Balaban J connectivity index is 2.13. The van der Waals surface area contributed by atoms with Crippen LogP contribution in [0, 0.1) is 0 Å². The van der Waals surface area contributed by atoms with Crippen LogP contribution in [0.5, 0.6) is 0 Å². The standard InChI is InChI=1S/C16H10O8/c1-21-13(17)5-11-7-3-10-8(4-9(7)15(19)23-11)12(24-16(10)20)6-14(18)22-2/h3-6H,1-2H3/b11-5+,12-6+. The van der Waals surface area contributed by atoms with Crippen molar-refractivity contribution >= 4 is 35.4 Å². The highest BCUT2D eigenvalue weighted by Crippen LogP contribution is 2.38. The molecule has 0 bridgehead atoms. The summed E-state index contributed by atoms with van der Waals surface area (Å²) in [5.41, 5.74) is 0.803. The van der Waals surface area contributed by atoms with E-state index in [0.717, 1.165) is 12.2 Å². The molecule has 0 atom stereocenters. The Hall–Kier alpha value is -3.42. The van der Waals surface area contributed by atoms with Gasteiger partial charge in [0.15, 0.2) is 0 Å². The average Bonchev–Trinajstić information content (AvgIpc) is 3.03. The Labute approximate surface area is 135 Å². The zero-order valence-electron chi connectivity index (χ0n) is 12.6. The number of benzene rings is 1. The van der Waals surface area contributed by atoms with E-state index in [1.165, 1.54) is 26.4 Å². The van der Waals surface area contributed by atoms with Crippen LogP contribution in [-0.2, 0) is 28.5 Å². The molecule has 0 unspecified atom stereocenters. The van der Waals surface area contributed by atoms with Gasteiger partial charge in [0, 0.05) is 11.1 Å². The molecule has 0 spiro atoms. The lowest BCUT2D eigenvalue weighted by molar-refractivity contribution is -0.135. The van der Waals surface area contributed by atoms with Crippen LogP contribution in [0.3, 0.4) is 0 Å². The van der Waals surface area contributed by atoms with Crippen LogP contribution in [0.15, 0.2) is 24.3 Å². The van der Waals surface area contributed by atoms with Gasteiger partial charge < -0.3 is 18.9 Å². The molecule has 122 valence electrons. The molecule has 2 aliphatic rings. The summed E-state index contributed by atoms with van der Waals surface area (Å²) < 4.78 is 19.0. The van der Waals surface area contributed by atoms with E-state index in [2.05, 4.69) is 9.47 Å². The van der Waals surface area contributed by atoms with Gasteiger partial charge in [-0.25, -0.2) is 19.2 Å². The minimum Gasteiger partial charge on any atom is -0.466 e. The molecule has 0 N–H and O–H groups in total. The molecule has 0 saturated heterocycles. The summed E-state index contributed by atoms with van der Waals surface area (Å²) in [4.78, 5) is 46.6. The third-order valence-electron chi connectivity index (χ3n) is 3.43. The molecule has 2 heterocycles. The highest BCUT2D eigenvalue weighted by atomic mass is 16.6. The molecule has 0 aromatic heterocycles. The van der Waals surface area contributed by atoms with E-state index >= 15 is 0 Å². The Morgan fingerprint density at radius 1 is 0.792 bits per heavy atom. The third-order valence-corrected chi connectivity index (χ3v) is 3.43. The monoisotopic (exact) mass is 330 g/mol. The van der Waals surface area contributed by atoms with Crippen LogP contribution >= 0.6 is 0 Å². The highest BCUT2D eigenvalue weighted by Gasteiger charge is 2.35. The number of fused-ring (bicyclic) bond motifs is 2. The van der Waals surface area contributed by atoms with E-state index in [9.17, 15) is 19.2 Å². The number of methoxy groups -OCH3 is 2. The van der Waals surface area contributed by atoms with E-state index < -0.39 is 23.9 Å². The summed E-state index contributed by atoms with van der Waals surface area (Å²) in [6, 6.07) is 2.73. The van der Waals surface area contributed by atoms with Crippen LogP contribution in [0.25, 0.3) is 11.5 Å². The van der Waals surface area contributed by atoms with Crippen molar-refractivity contribution in [3.05, 3.63) is 46.5 Å². The van der Waals surface area contributed by atoms with Crippen LogP contribution in [0.1, 0.15) is 31.8 Å². The predicted molar refractivity (Wildman–Crippen MR) is 77.3 cm³/mol. The number of hydrogen-bond donors (Lipinski definition) is 0. The summed E-state index contributed by atoms with van der Waals surface area (Å²) >= 11 is 0. The largest absolute Gasteiger partial charge is 0.466 e. The van der Waals surface area contributed by atoms with Crippen molar-refractivity contribution in [1.82, 2.24) is 0 Å². The van der Waals surface area contributed by atoms with Crippen molar-refractivity contribution in [1.29, 1.82) is 0 Å². The lowest BCUT2D eigenvalue weighted by Gasteiger charge is -2.00. The number of carbonyl (C=O) groups excluding carboxylic acids is 4. The van der Waals surface area contributed by atoms with Crippen LogP contribution in [0.2, 0.25) is 0 Å². The van der Waals surface area contributed by atoms with E-state index in [0.29, 0.717) is 0 Å². The molecule has 0 radical (unpaired) electrons. The summed E-state index contributed by atoms with van der Waals surface area (Å²) in [5, 5.41) is 0. The van der Waals surface area contributed by atoms with Gasteiger partial charge in [-0.2, -0.15) is 0 Å². The molecule has 0 amide bonds. The van der Waals surface area contributed by atoms with E-state index in [-0.39, 0.29) is 33.8 Å². The average molecular weight is 330 g/mol. The van der Waals surface area contributed by atoms with E-state index in [1.54, 1.807) is 0 Å². The SMILES string of the molecule is COC(=O)/C=C1/OC(=O)c2cc3c(cc21)C(=O)O/C3=C/C(=O)OC.